The summed E-state index contributed by atoms with van der Waals surface area (Å²) < 4.78 is 5.04. The Morgan fingerprint density at radius 2 is 1.83 bits per heavy atom. The molecule has 1 amide bonds. The molecule has 1 aliphatic heterocycles. The van der Waals surface area contributed by atoms with Crippen LogP contribution >= 0.6 is 23.2 Å². The number of amides is 1. The summed E-state index contributed by atoms with van der Waals surface area (Å²) in [6.45, 7) is 0. The average molecular weight is 366 g/mol. The number of anilines is 1. The number of hydrogen-bond donors (Lipinski definition) is 2. The van der Waals surface area contributed by atoms with Crippen LogP contribution in [0.5, 0.6) is 5.75 Å². The van der Waals surface area contributed by atoms with Gasteiger partial charge in [-0.2, -0.15) is 0 Å². The minimum absolute atomic E-state index is 0.197. The second-order valence-electron chi connectivity index (χ2n) is 5.45. The summed E-state index contributed by atoms with van der Waals surface area (Å²) in [5, 5.41) is 13.8. The number of Topliss-reactive ketones (excluding diaryl/α,β-unsaturated/α-hetero) is 1. The predicted molar refractivity (Wildman–Crippen MR) is 90.9 cm³/mol. The molecule has 0 aliphatic carbocycles. The van der Waals surface area contributed by atoms with Crippen molar-refractivity contribution in [1.29, 1.82) is 0 Å². The van der Waals surface area contributed by atoms with Crippen molar-refractivity contribution in [1.82, 2.24) is 0 Å². The molecule has 5 nitrogen and oxygen atoms in total. The highest BCUT2D eigenvalue weighted by Gasteiger charge is 2.47. The molecule has 1 unspecified atom stereocenters. The van der Waals surface area contributed by atoms with Crippen LogP contribution in [0, 0.1) is 0 Å². The van der Waals surface area contributed by atoms with Gasteiger partial charge in [-0.05, 0) is 36.4 Å². The predicted octanol–water partition coefficient (Wildman–Crippen LogP) is 3.41. The van der Waals surface area contributed by atoms with E-state index < -0.39 is 17.9 Å². The van der Waals surface area contributed by atoms with Crippen LogP contribution in [0.4, 0.5) is 5.69 Å². The molecule has 0 saturated carbocycles. The highest BCUT2D eigenvalue weighted by atomic mass is 35.5. The highest BCUT2D eigenvalue weighted by Crippen LogP contribution is 2.42. The molecule has 0 radical (unpaired) electrons. The van der Waals surface area contributed by atoms with Crippen LogP contribution in [0.25, 0.3) is 0 Å². The number of halogens is 2. The summed E-state index contributed by atoms with van der Waals surface area (Å²) in [5.74, 6) is -0.456. The molecular formula is C17H13Cl2NO4. The molecule has 2 aromatic carbocycles. The maximum atomic E-state index is 12.5. The quantitative estimate of drug-likeness (QED) is 0.814. The molecule has 0 aromatic heterocycles. The topological polar surface area (TPSA) is 75.6 Å². The number of fused-ring (bicyclic) bond motifs is 1. The number of ether oxygens (including phenoxy) is 1. The molecule has 2 aromatic rings. The zero-order chi connectivity index (χ0) is 17.5. The zero-order valence-electron chi connectivity index (χ0n) is 12.6. The lowest BCUT2D eigenvalue weighted by Gasteiger charge is -2.20. The van der Waals surface area contributed by atoms with Gasteiger partial charge in [0.05, 0.1) is 23.6 Å². The fourth-order valence-electron chi connectivity index (χ4n) is 2.63. The monoisotopic (exact) mass is 365 g/mol. The van der Waals surface area contributed by atoms with Gasteiger partial charge in [-0.15, -0.1) is 0 Å². The highest BCUT2D eigenvalue weighted by molar-refractivity contribution is 6.42. The van der Waals surface area contributed by atoms with Gasteiger partial charge in [0.1, 0.15) is 5.75 Å². The fourth-order valence-corrected chi connectivity index (χ4v) is 2.95. The molecule has 7 heteroatoms. The van der Waals surface area contributed by atoms with Gasteiger partial charge in [-0.25, -0.2) is 0 Å². The molecule has 1 heterocycles. The summed E-state index contributed by atoms with van der Waals surface area (Å²) >= 11 is 11.9. The maximum Gasteiger partial charge on any atom is 0.261 e. The number of aliphatic hydroxyl groups is 1. The molecule has 1 atom stereocenters. The van der Waals surface area contributed by atoms with E-state index in [1.807, 2.05) is 0 Å². The molecular weight excluding hydrogens is 353 g/mol. The molecule has 0 bridgehead atoms. The van der Waals surface area contributed by atoms with Crippen LogP contribution in [0.3, 0.4) is 0 Å². The van der Waals surface area contributed by atoms with Crippen molar-refractivity contribution in [3.8, 4) is 5.75 Å². The molecule has 0 spiro atoms. The Kier molecular flexibility index (Phi) is 4.25. The molecule has 24 heavy (non-hydrogen) atoms. The van der Waals surface area contributed by atoms with Crippen LogP contribution in [-0.2, 0) is 10.4 Å². The lowest BCUT2D eigenvalue weighted by atomic mass is 9.88. The minimum Gasteiger partial charge on any atom is -0.497 e. The molecule has 124 valence electrons. The van der Waals surface area contributed by atoms with Gasteiger partial charge in [-0.1, -0.05) is 23.2 Å². The smallest absolute Gasteiger partial charge is 0.261 e. The number of hydrogen-bond acceptors (Lipinski definition) is 4. The SMILES string of the molecule is COc1ccc(C(=O)CC2(O)C(=O)Nc3cc(Cl)c(Cl)cc32)cc1. The largest absolute Gasteiger partial charge is 0.497 e. The lowest BCUT2D eigenvalue weighted by molar-refractivity contribution is -0.133. The first-order valence-corrected chi connectivity index (χ1v) is 7.81. The van der Waals surface area contributed by atoms with Crippen LogP contribution < -0.4 is 10.1 Å². The molecule has 0 saturated heterocycles. The Bertz CT molecular complexity index is 835. The first-order valence-electron chi connectivity index (χ1n) is 7.06. The van der Waals surface area contributed by atoms with Gasteiger partial charge in [-0.3, -0.25) is 9.59 Å². The Morgan fingerprint density at radius 1 is 1.21 bits per heavy atom. The molecule has 0 fully saturated rings. The molecule has 3 rings (SSSR count). The number of carbonyl (C=O) groups excluding carboxylic acids is 2. The number of carbonyl (C=O) groups is 2. The van der Waals surface area contributed by atoms with Gasteiger partial charge >= 0.3 is 0 Å². The van der Waals surface area contributed by atoms with E-state index in [0.29, 0.717) is 17.0 Å². The Labute approximate surface area is 148 Å². The van der Waals surface area contributed by atoms with E-state index in [9.17, 15) is 14.7 Å². The Morgan fingerprint density at radius 3 is 2.46 bits per heavy atom. The lowest BCUT2D eigenvalue weighted by Crippen LogP contribution is -2.36. The third-order valence-electron chi connectivity index (χ3n) is 3.96. The molecule has 1 aliphatic rings. The summed E-state index contributed by atoms with van der Waals surface area (Å²) in [6.07, 6.45) is -0.407. The first kappa shape index (κ1) is 16.8. The van der Waals surface area contributed by atoms with Crippen molar-refractivity contribution < 1.29 is 19.4 Å². The van der Waals surface area contributed by atoms with Crippen molar-refractivity contribution in [3.63, 3.8) is 0 Å². The Balaban J connectivity index is 1.93. The normalized spacial score (nSPS) is 18.9. The zero-order valence-corrected chi connectivity index (χ0v) is 14.1. The third-order valence-corrected chi connectivity index (χ3v) is 4.68. The standard InChI is InChI=1S/C17H13Cl2NO4/c1-24-10-4-2-9(3-5-10)15(21)8-17(23)11-6-12(18)13(19)7-14(11)20-16(17)22/h2-7,23H,8H2,1H3,(H,20,22). The number of methoxy groups -OCH3 is 1. The van der Waals surface area contributed by atoms with Crippen LogP contribution in [0.1, 0.15) is 22.3 Å². The van der Waals surface area contributed by atoms with Crippen molar-refractivity contribution >= 4 is 40.6 Å². The summed E-state index contributed by atoms with van der Waals surface area (Å²) in [4.78, 5) is 24.7. The van der Waals surface area contributed by atoms with E-state index in [2.05, 4.69) is 5.32 Å². The van der Waals surface area contributed by atoms with Gasteiger partial charge in [0.15, 0.2) is 11.4 Å². The second-order valence-corrected chi connectivity index (χ2v) is 6.27. The summed E-state index contributed by atoms with van der Waals surface area (Å²) in [7, 11) is 1.52. The van der Waals surface area contributed by atoms with E-state index in [4.69, 9.17) is 27.9 Å². The number of benzene rings is 2. The maximum absolute atomic E-state index is 12.5. The van der Waals surface area contributed by atoms with E-state index in [1.54, 1.807) is 24.3 Å². The van der Waals surface area contributed by atoms with Gasteiger partial charge in [0, 0.05) is 16.8 Å². The second kappa shape index (κ2) is 6.09. The van der Waals surface area contributed by atoms with Crippen molar-refractivity contribution in [2.75, 3.05) is 12.4 Å². The third kappa shape index (κ3) is 2.75. The average Bonchev–Trinajstić information content (AvgIpc) is 2.79. The van der Waals surface area contributed by atoms with E-state index >= 15 is 0 Å². The minimum atomic E-state index is -1.99. The van der Waals surface area contributed by atoms with Crippen LogP contribution in [0.2, 0.25) is 10.0 Å². The van der Waals surface area contributed by atoms with Crippen molar-refractivity contribution in [3.05, 3.63) is 57.6 Å². The summed E-state index contributed by atoms with van der Waals surface area (Å²) in [5.41, 5.74) is -1.03. The van der Waals surface area contributed by atoms with Gasteiger partial charge in [0.25, 0.3) is 5.91 Å². The van der Waals surface area contributed by atoms with Crippen LogP contribution in [0.15, 0.2) is 36.4 Å². The van der Waals surface area contributed by atoms with Crippen molar-refractivity contribution in [2.24, 2.45) is 0 Å². The Hall–Kier alpha value is -2.08. The molecule has 2 N–H and O–H groups in total. The fraction of sp³-hybridized carbons (Fsp3) is 0.176. The van der Waals surface area contributed by atoms with E-state index in [1.165, 1.54) is 19.2 Å². The number of rotatable bonds is 4. The van der Waals surface area contributed by atoms with E-state index in [-0.39, 0.29) is 21.4 Å². The van der Waals surface area contributed by atoms with Crippen LogP contribution in [-0.4, -0.2) is 23.9 Å². The van der Waals surface area contributed by atoms with Crippen molar-refractivity contribution in [2.45, 2.75) is 12.0 Å². The van der Waals surface area contributed by atoms with Gasteiger partial charge in [0.2, 0.25) is 0 Å². The number of nitrogens with one attached hydrogen (secondary N) is 1. The number of ketones is 1. The van der Waals surface area contributed by atoms with E-state index in [0.717, 1.165) is 0 Å². The summed E-state index contributed by atoms with van der Waals surface area (Å²) in [6, 6.07) is 9.28. The first-order chi connectivity index (χ1) is 11.3. The van der Waals surface area contributed by atoms with Gasteiger partial charge < -0.3 is 15.2 Å².